The summed E-state index contributed by atoms with van der Waals surface area (Å²) >= 11 is 0. The third-order valence-electron chi connectivity index (χ3n) is 5.33. The molecule has 1 aliphatic heterocycles. The van der Waals surface area contributed by atoms with Crippen LogP contribution in [0.25, 0.3) is 0 Å². The Hall–Kier alpha value is -2.98. The maximum atomic E-state index is 14.0. The molecule has 1 aliphatic rings. The van der Waals surface area contributed by atoms with Gasteiger partial charge < -0.3 is 14.8 Å². The largest absolute Gasteiger partial charge is 0.492 e. The third kappa shape index (κ3) is 5.69. The minimum absolute atomic E-state index is 0.0376. The number of sulfonamides is 1. The van der Waals surface area contributed by atoms with E-state index in [4.69, 9.17) is 9.47 Å². The van der Waals surface area contributed by atoms with Gasteiger partial charge in [0.15, 0.2) is 0 Å². The fraction of sp³-hybridized carbons (Fsp3) is 0.391. The van der Waals surface area contributed by atoms with Gasteiger partial charge in [-0.1, -0.05) is 12.1 Å². The molecule has 178 valence electrons. The molecule has 0 aliphatic carbocycles. The summed E-state index contributed by atoms with van der Waals surface area (Å²) in [6, 6.07) is 9.66. The molecule has 0 aromatic heterocycles. The Morgan fingerprint density at radius 1 is 1.09 bits per heavy atom. The minimum atomic E-state index is -3.89. The second-order valence-electron chi connectivity index (χ2n) is 7.46. The standard InChI is InChI=1S/C23H27FN2O6S/c1-3-31-21-10-9-17(15-20(21)25-22(27)18-7-5-6-8-19(18)24)33(29,30)26-13-11-16(12-14-26)23(28)32-4-2/h5-10,15-16H,3-4,11-14H2,1-2H3,(H,25,27). The molecule has 1 heterocycles. The van der Waals surface area contributed by atoms with Crippen molar-refractivity contribution in [3.63, 3.8) is 0 Å². The van der Waals surface area contributed by atoms with Crippen LogP contribution in [-0.4, -0.2) is 50.9 Å². The Morgan fingerprint density at radius 3 is 2.42 bits per heavy atom. The highest BCUT2D eigenvalue weighted by molar-refractivity contribution is 7.89. The van der Waals surface area contributed by atoms with Crippen LogP contribution in [0.1, 0.15) is 37.0 Å². The number of rotatable bonds is 8. The quantitative estimate of drug-likeness (QED) is 0.583. The zero-order chi connectivity index (χ0) is 24.0. The highest BCUT2D eigenvalue weighted by Gasteiger charge is 2.33. The number of halogens is 1. The fourth-order valence-corrected chi connectivity index (χ4v) is 5.12. The number of hydrogen-bond donors (Lipinski definition) is 1. The van der Waals surface area contributed by atoms with Gasteiger partial charge in [0.1, 0.15) is 11.6 Å². The van der Waals surface area contributed by atoms with E-state index >= 15 is 0 Å². The highest BCUT2D eigenvalue weighted by Crippen LogP contribution is 2.31. The van der Waals surface area contributed by atoms with Crippen molar-refractivity contribution in [2.75, 3.05) is 31.6 Å². The van der Waals surface area contributed by atoms with Crippen LogP contribution in [0.2, 0.25) is 0 Å². The van der Waals surface area contributed by atoms with Gasteiger partial charge in [0.05, 0.1) is 35.3 Å². The molecule has 33 heavy (non-hydrogen) atoms. The van der Waals surface area contributed by atoms with Crippen LogP contribution in [-0.2, 0) is 19.6 Å². The molecular weight excluding hydrogens is 451 g/mol. The van der Waals surface area contributed by atoms with Gasteiger partial charge in [-0.15, -0.1) is 0 Å². The number of benzene rings is 2. The van der Waals surface area contributed by atoms with Crippen molar-refractivity contribution in [3.05, 3.63) is 53.8 Å². The van der Waals surface area contributed by atoms with Crippen molar-refractivity contribution in [1.82, 2.24) is 4.31 Å². The Morgan fingerprint density at radius 2 is 1.79 bits per heavy atom. The van der Waals surface area contributed by atoms with Crippen molar-refractivity contribution < 1.29 is 31.9 Å². The fourth-order valence-electron chi connectivity index (χ4n) is 3.62. The molecule has 0 saturated carbocycles. The van der Waals surface area contributed by atoms with Crippen LogP contribution >= 0.6 is 0 Å². The zero-order valence-electron chi connectivity index (χ0n) is 18.5. The van der Waals surface area contributed by atoms with Gasteiger partial charge in [0.2, 0.25) is 10.0 Å². The van der Waals surface area contributed by atoms with Crippen molar-refractivity contribution >= 4 is 27.6 Å². The van der Waals surface area contributed by atoms with E-state index in [1.54, 1.807) is 13.8 Å². The monoisotopic (exact) mass is 478 g/mol. The van der Waals surface area contributed by atoms with Crippen LogP contribution in [0.5, 0.6) is 5.75 Å². The molecule has 2 aromatic rings. The molecule has 0 bridgehead atoms. The molecule has 1 fully saturated rings. The summed E-state index contributed by atoms with van der Waals surface area (Å²) in [7, 11) is -3.89. The van der Waals surface area contributed by atoms with Crippen LogP contribution in [0.15, 0.2) is 47.4 Å². The first-order valence-corrected chi connectivity index (χ1v) is 12.2. The summed E-state index contributed by atoms with van der Waals surface area (Å²) < 4.78 is 52.3. The molecule has 3 rings (SSSR count). The molecule has 1 amide bonds. The van der Waals surface area contributed by atoms with Gasteiger partial charge >= 0.3 is 5.97 Å². The van der Waals surface area contributed by atoms with E-state index in [1.807, 2.05) is 0 Å². The lowest BCUT2D eigenvalue weighted by molar-refractivity contribution is -0.149. The number of carbonyl (C=O) groups excluding carboxylic acids is 2. The van der Waals surface area contributed by atoms with Crippen LogP contribution in [0.4, 0.5) is 10.1 Å². The van der Waals surface area contributed by atoms with Crippen molar-refractivity contribution in [3.8, 4) is 5.75 Å². The third-order valence-corrected chi connectivity index (χ3v) is 7.22. The van der Waals surface area contributed by atoms with Crippen LogP contribution in [0, 0.1) is 11.7 Å². The molecule has 8 nitrogen and oxygen atoms in total. The lowest BCUT2D eigenvalue weighted by Gasteiger charge is -2.30. The normalized spacial score (nSPS) is 15.1. The molecule has 1 N–H and O–H groups in total. The minimum Gasteiger partial charge on any atom is -0.492 e. The first-order chi connectivity index (χ1) is 15.8. The lowest BCUT2D eigenvalue weighted by atomic mass is 9.98. The summed E-state index contributed by atoms with van der Waals surface area (Å²) in [5.41, 5.74) is -0.0539. The number of hydrogen-bond acceptors (Lipinski definition) is 6. The number of piperidine rings is 1. The molecule has 0 radical (unpaired) electrons. The Kier molecular flexibility index (Phi) is 8.04. The number of nitrogens with zero attached hydrogens (tertiary/aromatic N) is 1. The van der Waals surface area contributed by atoms with Gasteiger partial charge in [-0.25, -0.2) is 12.8 Å². The molecule has 0 atom stereocenters. The first-order valence-electron chi connectivity index (χ1n) is 10.8. The summed E-state index contributed by atoms with van der Waals surface area (Å²) in [5.74, 6) is -1.79. The van der Waals surface area contributed by atoms with Gasteiger partial charge in [-0.2, -0.15) is 4.31 Å². The van der Waals surface area contributed by atoms with Gasteiger partial charge in [-0.05, 0) is 57.0 Å². The summed E-state index contributed by atoms with van der Waals surface area (Å²) in [6.45, 7) is 4.40. The zero-order valence-corrected chi connectivity index (χ0v) is 19.4. The van der Waals surface area contributed by atoms with Crippen molar-refractivity contribution in [1.29, 1.82) is 0 Å². The second-order valence-corrected chi connectivity index (χ2v) is 9.39. The van der Waals surface area contributed by atoms with E-state index in [2.05, 4.69) is 5.32 Å². The number of anilines is 1. The molecular formula is C23H27FN2O6S. The second kappa shape index (κ2) is 10.8. The van der Waals surface area contributed by atoms with E-state index in [-0.39, 0.29) is 60.1 Å². The predicted molar refractivity (Wildman–Crippen MR) is 120 cm³/mol. The Bertz CT molecular complexity index is 1110. The summed E-state index contributed by atoms with van der Waals surface area (Å²) in [4.78, 5) is 24.5. The van der Waals surface area contributed by atoms with Gasteiger partial charge in [0, 0.05) is 13.1 Å². The number of nitrogens with one attached hydrogen (secondary N) is 1. The van der Waals surface area contributed by atoms with Gasteiger partial charge in [-0.3, -0.25) is 9.59 Å². The number of ether oxygens (including phenoxy) is 2. The maximum absolute atomic E-state index is 14.0. The van der Waals surface area contributed by atoms with E-state index in [0.29, 0.717) is 12.8 Å². The SMILES string of the molecule is CCOC(=O)C1CCN(S(=O)(=O)c2ccc(OCC)c(NC(=O)c3ccccc3F)c2)CC1. The molecule has 0 spiro atoms. The lowest BCUT2D eigenvalue weighted by Crippen LogP contribution is -2.40. The average Bonchev–Trinajstić information content (AvgIpc) is 2.80. The first kappa shape index (κ1) is 24.7. The van der Waals surface area contributed by atoms with Crippen LogP contribution in [0.3, 0.4) is 0 Å². The van der Waals surface area contributed by atoms with E-state index in [9.17, 15) is 22.4 Å². The summed E-state index contributed by atoms with van der Waals surface area (Å²) in [6.07, 6.45) is 0.734. The smallest absolute Gasteiger partial charge is 0.309 e. The molecule has 1 saturated heterocycles. The number of esters is 1. The predicted octanol–water partition coefficient (Wildman–Crippen LogP) is 3.44. The highest BCUT2D eigenvalue weighted by atomic mass is 32.2. The maximum Gasteiger partial charge on any atom is 0.309 e. The van der Waals surface area contributed by atoms with Crippen molar-refractivity contribution in [2.24, 2.45) is 5.92 Å². The average molecular weight is 479 g/mol. The molecule has 2 aromatic carbocycles. The Labute approximate surface area is 192 Å². The number of carbonyl (C=O) groups is 2. The van der Waals surface area contributed by atoms with Crippen molar-refractivity contribution in [2.45, 2.75) is 31.6 Å². The molecule has 10 heteroatoms. The topological polar surface area (TPSA) is 102 Å². The number of amides is 1. The van der Waals surface area contributed by atoms with Gasteiger partial charge in [0.25, 0.3) is 5.91 Å². The molecule has 0 unspecified atom stereocenters. The summed E-state index contributed by atoms with van der Waals surface area (Å²) in [5, 5.41) is 2.56. The van der Waals surface area contributed by atoms with E-state index in [0.717, 1.165) is 0 Å². The van der Waals surface area contributed by atoms with E-state index in [1.165, 1.54) is 46.8 Å². The van der Waals surface area contributed by atoms with Crippen LogP contribution < -0.4 is 10.1 Å². The Balaban J connectivity index is 1.82. The van der Waals surface area contributed by atoms with E-state index < -0.39 is 21.7 Å².